The van der Waals surface area contributed by atoms with Crippen molar-refractivity contribution in [3.8, 4) is 11.8 Å². The maximum atomic E-state index is 9.43. The summed E-state index contributed by atoms with van der Waals surface area (Å²) in [5, 5.41) is 12.7. The van der Waals surface area contributed by atoms with Crippen molar-refractivity contribution in [3.63, 3.8) is 0 Å². The summed E-state index contributed by atoms with van der Waals surface area (Å²) in [7, 11) is 1.63. The maximum absolute atomic E-state index is 9.43. The fourth-order valence-electron chi connectivity index (χ4n) is 2.15. The SMILES string of the molecule is COc1ccccc1NC(C#N)C(C)c1ccccc1. The third-order valence-electron chi connectivity index (χ3n) is 3.38. The average molecular weight is 266 g/mol. The highest BCUT2D eigenvalue weighted by Crippen LogP contribution is 2.27. The second-order valence-electron chi connectivity index (χ2n) is 4.65. The van der Waals surface area contributed by atoms with E-state index in [2.05, 4.69) is 11.4 Å². The molecule has 0 fully saturated rings. The van der Waals surface area contributed by atoms with Gasteiger partial charge in [0.2, 0.25) is 0 Å². The Kier molecular flexibility index (Phi) is 4.62. The number of nitrogens with one attached hydrogen (secondary N) is 1. The fraction of sp³-hybridized carbons (Fsp3) is 0.235. The van der Waals surface area contributed by atoms with Gasteiger partial charge in [0.1, 0.15) is 11.8 Å². The zero-order valence-corrected chi connectivity index (χ0v) is 11.7. The first-order valence-electron chi connectivity index (χ1n) is 6.60. The van der Waals surface area contributed by atoms with Crippen LogP contribution >= 0.6 is 0 Å². The molecule has 1 N–H and O–H groups in total. The van der Waals surface area contributed by atoms with Gasteiger partial charge < -0.3 is 10.1 Å². The first-order valence-corrected chi connectivity index (χ1v) is 6.60. The van der Waals surface area contributed by atoms with E-state index in [0.29, 0.717) is 0 Å². The Morgan fingerprint density at radius 2 is 1.70 bits per heavy atom. The lowest BCUT2D eigenvalue weighted by Gasteiger charge is -2.21. The van der Waals surface area contributed by atoms with Crippen molar-refractivity contribution in [2.75, 3.05) is 12.4 Å². The first kappa shape index (κ1) is 14.0. The van der Waals surface area contributed by atoms with Gasteiger partial charge in [0.05, 0.1) is 18.9 Å². The molecular formula is C17H18N2O. The van der Waals surface area contributed by atoms with Crippen LogP contribution in [0.2, 0.25) is 0 Å². The molecule has 2 aromatic rings. The van der Waals surface area contributed by atoms with Gasteiger partial charge in [-0.1, -0.05) is 49.4 Å². The Balaban J connectivity index is 2.19. The molecule has 0 amide bonds. The van der Waals surface area contributed by atoms with Crippen molar-refractivity contribution in [1.29, 1.82) is 5.26 Å². The molecule has 0 aromatic heterocycles. The van der Waals surface area contributed by atoms with Gasteiger partial charge in [-0.25, -0.2) is 0 Å². The quantitative estimate of drug-likeness (QED) is 0.895. The lowest BCUT2D eigenvalue weighted by Crippen LogP contribution is -2.24. The van der Waals surface area contributed by atoms with Crippen molar-refractivity contribution in [2.45, 2.75) is 18.9 Å². The van der Waals surface area contributed by atoms with E-state index in [1.807, 2.05) is 61.5 Å². The van der Waals surface area contributed by atoms with Crippen LogP contribution < -0.4 is 10.1 Å². The summed E-state index contributed by atoms with van der Waals surface area (Å²) in [6.45, 7) is 2.05. The lowest BCUT2D eigenvalue weighted by molar-refractivity contribution is 0.416. The molecule has 0 bridgehead atoms. The summed E-state index contributed by atoms with van der Waals surface area (Å²) in [5.41, 5.74) is 1.98. The van der Waals surface area contributed by atoms with Gasteiger partial charge >= 0.3 is 0 Å². The maximum Gasteiger partial charge on any atom is 0.141 e. The molecule has 3 heteroatoms. The molecule has 20 heavy (non-hydrogen) atoms. The molecule has 2 rings (SSSR count). The number of hydrogen-bond acceptors (Lipinski definition) is 3. The van der Waals surface area contributed by atoms with E-state index < -0.39 is 0 Å². The zero-order valence-electron chi connectivity index (χ0n) is 11.7. The highest BCUT2D eigenvalue weighted by atomic mass is 16.5. The Morgan fingerprint density at radius 3 is 2.35 bits per heavy atom. The van der Waals surface area contributed by atoms with E-state index in [1.165, 1.54) is 0 Å². The molecule has 2 atom stereocenters. The van der Waals surface area contributed by atoms with Crippen LogP contribution in [0.4, 0.5) is 5.69 Å². The minimum Gasteiger partial charge on any atom is -0.495 e. The van der Waals surface area contributed by atoms with E-state index in [9.17, 15) is 5.26 Å². The van der Waals surface area contributed by atoms with Crippen molar-refractivity contribution < 1.29 is 4.74 Å². The molecule has 0 aliphatic carbocycles. The van der Waals surface area contributed by atoms with E-state index in [-0.39, 0.29) is 12.0 Å². The Hall–Kier alpha value is -2.47. The second kappa shape index (κ2) is 6.63. The van der Waals surface area contributed by atoms with Crippen molar-refractivity contribution in [2.24, 2.45) is 0 Å². The van der Waals surface area contributed by atoms with E-state index in [0.717, 1.165) is 17.0 Å². The molecule has 2 unspecified atom stereocenters. The Morgan fingerprint density at radius 1 is 1.05 bits per heavy atom. The van der Waals surface area contributed by atoms with E-state index in [1.54, 1.807) is 7.11 Å². The summed E-state index contributed by atoms with van der Waals surface area (Å²) in [4.78, 5) is 0. The fourth-order valence-corrected chi connectivity index (χ4v) is 2.15. The predicted octanol–water partition coefficient (Wildman–Crippen LogP) is 3.80. The van der Waals surface area contributed by atoms with Crippen LogP contribution in [0, 0.1) is 11.3 Å². The van der Waals surface area contributed by atoms with Crippen LogP contribution in [-0.2, 0) is 0 Å². The lowest BCUT2D eigenvalue weighted by atomic mass is 9.94. The van der Waals surface area contributed by atoms with Gasteiger partial charge in [-0.3, -0.25) is 0 Å². The average Bonchev–Trinajstić information content (AvgIpc) is 2.53. The molecule has 0 spiro atoms. The molecular weight excluding hydrogens is 248 g/mol. The number of nitrogens with zero attached hydrogens (tertiary/aromatic N) is 1. The largest absolute Gasteiger partial charge is 0.495 e. The normalized spacial score (nSPS) is 13.1. The van der Waals surface area contributed by atoms with Crippen LogP contribution in [0.3, 0.4) is 0 Å². The van der Waals surface area contributed by atoms with Gasteiger partial charge in [-0.2, -0.15) is 5.26 Å². The van der Waals surface area contributed by atoms with Gasteiger partial charge in [-0.15, -0.1) is 0 Å². The summed E-state index contributed by atoms with van der Waals surface area (Å²) in [5.74, 6) is 0.833. The molecule has 2 aromatic carbocycles. The summed E-state index contributed by atoms with van der Waals surface area (Å²) >= 11 is 0. The Labute approximate surface area is 119 Å². The molecule has 0 heterocycles. The predicted molar refractivity (Wildman–Crippen MR) is 80.9 cm³/mol. The summed E-state index contributed by atoms with van der Waals surface area (Å²) < 4.78 is 5.30. The van der Waals surface area contributed by atoms with Gasteiger partial charge in [0.25, 0.3) is 0 Å². The number of ether oxygens (including phenoxy) is 1. The van der Waals surface area contributed by atoms with Crippen LogP contribution in [0.5, 0.6) is 5.75 Å². The van der Waals surface area contributed by atoms with Crippen molar-refractivity contribution >= 4 is 5.69 Å². The summed E-state index contributed by atoms with van der Waals surface area (Å²) in [6.07, 6.45) is 0. The zero-order chi connectivity index (χ0) is 14.4. The molecule has 0 saturated carbocycles. The van der Waals surface area contributed by atoms with E-state index >= 15 is 0 Å². The molecule has 3 nitrogen and oxygen atoms in total. The highest BCUT2D eigenvalue weighted by Gasteiger charge is 2.19. The van der Waals surface area contributed by atoms with Gasteiger partial charge in [0.15, 0.2) is 0 Å². The first-order chi connectivity index (χ1) is 9.76. The number of nitriles is 1. The third-order valence-corrected chi connectivity index (χ3v) is 3.38. The molecule has 0 aliphatic rings. The topological polar surface area (TPSA) is 45.0 Å². The number of para-hydroxylation sites is 2. The minimum atomic E-state index is -0.311. The molecule has 0 radical (unpaired) electrons. The molecule has 0 saturated heterocycles. The van der Waals surface area contributed by atoms with Crippen molar-refractivity contribution in [1.82, 2.24) is 0 Å². The van der Waals surface area contributed by atoms with E-state index in [4.69, 9.17) is 4.74 Å². The Bertz CT molecular complexity index is 589. The van der Waals surface area contributed by atoms with Crippen LogP contribution in [-0.4, -0.2) is 13.2 Å². The van der Waals surface area contributed by atoms with Gasteiger partial charge in [-0.05, 0) is 17.7 Å². The summed E-state index contributed by atoms with van der Waals surface area (Å²) in [6, 6.07) is 19.7. The smallest absolute Gasteiger partial charge is 0.141 e. The third kappa shape index (κ3) is 3.10. The number of methoxy groups -OCH3 is 1. The second-order valence-corrected chi connectivity index (χ2v) is 4.65. The molecule has 102 valence electrons. The standard InChI is InChI=1S/C17H18N2O/c1-13(14-8-4-3-5-9-14)16(12-18)19-15-10-6-7-11-17(15)20-2/h3-11,13,16,19H,1-2H3. The van der Waals surface area contributed by atoms with Gasteiger partial charge in [0, 0.05) is 5.92 Å². The van der Waals surface area contributed by atoms with Crippen LogP contribution in [0.15, 0.2) is 54.6 Å². The highest BCUT2D eigenvalue weighted by molar-refractivity contribution is 5.58. The monoisotopic (exact) mass is 266 g/mol. The van der Waals surface area contributed by atoms with Crippen molar-refractivity contribution in [3.05, 3.63) is 60.2 Å². The minimum absolute atomic E-state index is 0.0890. The number of rotatable bonds is 5. The number of anilines is 1. The van der Waals surface area contributed by atoms with Crippen LogP contribution in [0.25, 0.3) is 0 Å². The number of hydrogen-bond donors (Lipinski definition) is 1. The molecule has 0 aliphatic heterocycles. The number of benzene rings is 2. The van der Waals surface area contributed by atoms with Crippen LogP contribution in [0.1, 0.15) is 18.4 Å².